The second-order valence-electron chi connectivity index (χ2n) is 7.31. The molecule has 0 bridgehead atoms. The van der Waals surface area contributed by atoms with E-state index in [2.05, 4.69) is 23.9 Å². The van der Waals surface area contributed by atoms with Crippen molar-refractivity contribution in [2.45, 2.75) is 70.8 Å². The standard InChI is InChI=1S/C17H29N3/c1-14-5-4-9-17(11-14,13-18)12-15-8-10-20(19-15)16-6-2-3-7-16/h8,10,14,16H,2-7,9,11-13,18H2,1H3. The molecular formula is C17H29N3. The molecule has 2 aliphatic carbocycles. The minimum absolute atomic E-state index is 0.312. The van der Waals surface area contributed by atoms with E-state index in [1.165, 1.54) is 57.1 Å². The van der Waals surface area contributed by atoms with Crippen molar-refractivity contribution >= 4 is 0 Å². The summed E-state index contributed by atoms with van der Waals surface area (Å²) in [5.74, 6) is 0.823. The van der Waals surface area contributed by atoms with Crippen LogP contribution in [0.15, 0.2) is 12.3 Å². The first-order valence-corrected chi connectivity index (χ1v) is 8.45. The van der Waals surface area contributed by atoms with Gasteiger partial charge in [-0.05, 0) is 56.0 Å². The molecule has 3 heteroatoms. The molecule has 20 heavy (non-hydrogen) atoms. The summed E-state index contributed by atoms with van der Waals surface area (Å²) in [5, 5.41) is 4.87. The van der Waals surface area contributed by atoms with Gasteiger partial charge in [0.05, 0.1) is 11.7 Å². The van der Waals surface area contributed by atoms with E-state index in [0.717, 1.165) is 18.9 Å². The number of nitrogens with zero attached hydrogens (tertiary/aromatic N) is 2. The van der Waals surface area contributed by atoms with Crippen molar-refractivity contribution in [3.63, 3.8) is 0 Å². The lowest BCUT2D eigenvalue weighted by Crippen LogP contribution is -2.37. The molecule has 2 fully saturated rings. The number of rotatable bonds is 4. The third-order valence-electron chi connectivity index (χ3n) is 5.54. The smallest absolute Gasteiger partial charge is 0.0630 e. The number of hydrogen-bond donors (Lipinski definition) is 1. The van der Waals surface area contributed by atoms with Crippen LogP contribution in [-0.2, 0) is 6.42 Å². The zero-order chi connectivity index (χ0) is 14.0. The molecule has 1 heterocycles. The van der Waals surface area contributed by atoms with Crippen molar-refractivity contribution in [2.24, 2.45) is 17.1 Å². The predicted octanol–water partition coefficient (Wildman–Crippen LogP) is 3.70. The fraction of sp³-hybridized carbons (Fsp3) is 0.824. The summed E-state index contributed by atoms with van der Waals surface area (Å²) in [5.41, 5.74) is 7.72. The number of aromatic nitrogens is 2. The molecule has 0 aliphatic heterocycles. The molecular weight excluding hydrogens is 246 g/mol. The highest BCUT2D eigenvalue weighted by Crippen LogP contribution is 2.41. The van der Waals surface area contributed by atoms with E-state index < -0.39 is 0 Å². The lowest BCUT2D eigenvalue weighted by Gasteiger charge is -2.39. The van der Waals surface area contributed by atoms with E-state index in [-0.39, 0.29) is 0 Å². The summed E-state index contributed by atoms with van der Waals surface area (Å²) in [4.78, 5) is 0. The van der Waals surface area contributed by atoms with Gasteiger partial charge in [0.15, 0.2) is 0 Å². The van der Waals surface area contributed by atoms with Gasteiger partial charge in [-0.25, -0.2) is 0 Å². The molecule has 1 aromatic rings. The molecule has 2 saturated carbocycles. The molecule has 0 radical (unpaired) electrons. The van der Waals surface area contributed by atoms with Crippen LogP contribution in [0, 0.1) is 11.3 Å². The Bertz CT molecular complexity index is 433. The van der Waals surface area contributed by atoms with Crippen LogP contribution in [0.3, 0.4) is 0 Å². The van der Waals surface area contributed by atoms with E-state index in [1.54, 1.807) is 0 Å². The first kappa shape index (κ1) is 14.1. The maximum Gasteiger partial charge on any atom is 0.0630 e. The van der Waals surface area contributed by atoms with Crippen molar-refractivity contribution in [2.75, 3.05) is 6.54 Å². The molecule has 1 aromatic heterocycles. The van der Waals surface area contributed by atoms with Crippen LogP contribution in [0.1, 0.15) is 70.0 Å². The van der Waals surface area contributed by atoms with Gasteiger partial charge in [0, 0.05) is 6.20 Å². The van der Waals surface area contributed by atoms with Gasteiger partial charge in [0.25, 0.3) is 0 Å². The highest BCUT2D eigenvalue weighted by Gasteiger charge is 2.34. The van der Waals surface area contributed by atoms with Crippen molar-refractivity contribution < 1.29 is 0 Å². The zero-order valence-electron chi connectivity index (χ0n) is 12.9. The van der Waals surface area contributed by atoms with Crippen LogP contribution in [-0.4, -0.2) is 16.3 Å². The first-order chi connectivity index (χ1) is 9.71. The van der Waals surface area contributed by atoms with Crippen LogP contribution >= 0.6 is 0 Å². The molecule has 3 nitrogen and oxygen atoms in total. The van der Waals surface area contributed by atoms with Crippen LogP contribution < -0.4 is 5.73 Å². The Labute approximate surface area is 122 Å². The fourth-order valence-electron chi connectivity index (χ4n) is 4.42. The average Bonchev–Trinajstić information content (AvgIpc) is 3.09. The number of hydrogen-bond acceptors (Lipinski definition) is 2. The summed E-state index contributed by atoms with van der Waals surface area (Å²) in [7, 11) is 0. The summed E-state index contributed by atoms with van der Waals surface area (Å²) in [6.45, 7) is 3.19. The van der Waals surface area contributed by atoms with E-state index >= 15 is 0 Å². The van der Waals surface area contributed by atoms with Gasteiger partial charge in [-0.3, -0.25) is 4.68 Å². The maximum atomic E-state index is 6.14. The molecule has 112 valence electrons. The second-order valence-corrected chi connectivity index (χ2v) is 7.31. The van der Waals surface area contributed by atoms with Crippen molar-refractivity contribution in [1.82, 2.24) is 9.78 Å². The second kappa shape index (κ2) is 5.88. The highest BCUT2D eigenvalue weighted by atomic mass is 15.3. The van der Waals surface area contributed by atoms with Gasteiger partial charge >= 0.3 is 0 Å². The average molecular weight is 275 g/mol. The number of nitrogens with two attached hydrogens (primary N) is 1. The molecule has 0 amide bonds. The maximum absolute atomic E-state index is 6.14. The lowest BCUT2D eigenvalue weighted by atomic mass is 9.68. The Hall–Kier alpha value is -0.830. The summed E-state index contributed by atoms with van der Waals surface area (Å²) in [6, 6.07) is 2.89. The largest absolute Gasteiger partial charge is 0.330 e. The van der Waals surface area contributed by atoms with Crippen molar-refractivity contribution in [1.29, 1.82) is 0 Å². The van der Waals surface area contributed by atoms with Crippen molar-refractivity contribution in [3.05, 3.63) is 18.0 Å². The predicted molar refractivity (Wildman–Crippen MR) is 82.6 cm³/mol. The Kier molecular flexibility index (Phi) is 4.16. The third-order valence-corrected chi connectivity index (χ3v) is 5.54. The highest BCUT2D eigenvalue weighted by molar-refractivity contribution is 5.06. The molecule has 3 rings (SSSR count). The van der Waals surface area contributed by atoms with Crippen molar-refractivity contribution in [3.8, 4) is 0 Å². The molecule has 0 saturated heterocycles. The van der Waals surface area contributed by atoms with Crippen LogP contribution in [0.2, 0.25) is 0 Å². The molecule has 0 spiro atoms. The first-order valence-electron chi connectivity index (χ1n) is 8.45. The monoisotopic (exact) mass is 275 g/mol. The van der Waals surface area contributed by atoms with E-state index in [9.17, 15) is 0 Å². The molecule has 2 atom stereocenters. The Morgan fingerprint density at radius 2 is 2.10 bits per heavy atom. The topological polar surface area (TPSA) is 43.8 Å². The third kappa shape index (κ3) is 2.93. The summed E-state index contributed by atoms with van der Waals surface area (Å²) in [6.07, 6.45) is 13.9. The molecule has 2 aliphatic rings. The summed E-state index contributed by atoms with van der Waals surface area (Å²) < 4.78 is 2.22. The Morgan fingerprint density at radius 1 is 1.30 bits per heavy atom. The summed E-state index contributed by atoms with van der Waals surface area (Å²) >= 11 is 0. The molecule has 0 aromatic carbocycles. The minimum Gasteiger partial charge on any atom is -0.330 e. The van der Waals surface area contributed by atoms with Crippen LogP contribution in [0.4, 0.5) is 0 Å². The molecule has 2 N–H and O–H groups in total. The van der Waals surface area contributed by atoms with E-state index in [1.807, 2.05) is 0 Å². The fourth-order valence-corrected chi connectivity index (χ4v) is 4.42. The SMILES string of the molecule is CC1CCCC(CN)(Cc2ccn(C3CCCC3)n2)C1. The quantitative estimate of drug-likeness (QED) is 0.910. The van der Waals surface area contributed by atoms with Gasteiger partial charge in [-0.15, -0.1) is 0 Å². The Morgan fingerprint density at radius 3 is 2.80 bits per heavy atom. The van der Waals surface area contributed by atoms with E-state index in [0.29, 0.717) is 11.5 Å². The van der Waals surface area contributed by atoms with Gasteiger partial charge < -0.3 is 5.73 Å². The zero-order valence-corrected chi connectivity index (χ0v) is 12.9. The van der Waals surface area contributed by atoms with Gasteiger partial charge in [0.1, 0.15) is 0 Å². The van der Waals surface area contributed by atoms with Crippen LogP contribution in [0.25, 0.3) is 0 Å². The lowest BCUT2D eigenvalue weighted by molar-refractivity contribution is 0.152. The van der Waals surface area contributed by atoms with Crippen LogP contribution in [0.5, 0.6) is 0 Å². The normalized spacial score (nSPS) is 31.8. The van der Waals surface area contributed by atoms with Gasteiger partial charge in [0.2, 0.25) is 0 Å². The van der Waals surface area contributed by atoms with E-state index in [4.69, 9.17) is 10.8 Å². The van der Waals surface area contributed by atoms with Gasteiger partial charge in [-0.1, -0.05) is 32.6 Å². The molecule has 2 unspecified atom stereocenters. The Balaban J connectivity index is 1.69. The minimum atomic E-state index is 0.312. The van der Waals surface area contributed by atoms with Gasteiger partial charge in [-0.2, -0.15) is 5.10 Å².